The van der Waals surface area contributed by atoms with Crippen LogP contribution in [0, 0.1) is 0 Å². The third-order valence-corrected chi connectivity index (χ3v) is 3.75. The quantitative estimate of drug-likeness (QED) is 0.580. The molecule has 0 bridgehead atoms. The number of rotatable bonds is 1. The van der Waals surface area contributed by atoms with Crippen molar-refractivity contribution in [3.05, 3.63) is 24.0 Å². The summed E-state index contributed by atoms with van der Waals surface area (Å²) < 4.78 is 0.868. The van der Waals surface area contributed by atoms with E-state index in [1.165, 1.54) is 19.4 Å². The molecule has 0 aromatic carbocycles. The van der Waals surface area contributed by atoms with Crippen molar-refractivity contribution in [1.82, 2.24) is 0 Å². The third-order valence-electron chi connectivity index (χ3n) is 1.99. The molecule has 0 heterocycles. The molecule has 70 valence electrons. The predicted octanol–water partition coefficient (Wildman–Crippen LogP) is 1.85. The summed E-state index contributed by atoms with van der Waals surface area (Å²) in [6.07, 6.45) is 5.16. The molecule has 0 spiro atoms. The first kappa shape index (κ1) is 10.6. The third kappa shape index (κ3) is 3.04. The van der Waals surface area contributed by atoms with Crippen LogP contribution in [0.5, 0.6) is 0 Å². The number of Topliss-reactive ketones (excluding diaryl/α,β-unsaturated/α-hetero) is 1. The van der Waals surface area contributed by atoms with Crippen LogP contribution >= 0.6 is 0 Å². The van der Waals surface area contributed by atoms with Crippen molar-refractivity contribution >= 4 is 9.68 Å². The Morgan fingerprint density at radius 1 is 1.46 bits per heavy atom. The van der Waals surface area contributed by atoms with E-state index in [4.69, 9.17) is 5.11 Å². The summed E-state index contributed by atoms with van der Waals surface area (Å²) in [6.45, 7) is 3.40. The molecule has 0 radical (unpaired) electrons. The number of carbonyl (C=O) groups is 1. The Labute approximate surface area is 88.7 Å². The normalized spacial score (nSPS) is 21.7. The van der Waals surface area contributed by atoms with Gasteiger partial charge in [-0.05, 0) is 0 Å². The number of aliphatic hydroxyl groups is 1. The summed E-state index contributed by atoms with van der Waals surface area (Å²) in [5.74, 6) is 0.281. The molecule has 1 N–H and O–H groups in total. The maximum absolute atomic E-state index is 11.4. The molecule has 0 aromatic rings. The van der Waals surface area contributed by atoms with Crippen molar-refractivity contribution in [2.24, 2.45) is 0 Å². The molecule has 1 rings (SSSR count). The minimum atomic E-state index is 0.0449. The SMILES string of the molecule is C=C(O)/C=C1/CCCCC(=O)[C]1=[W]. The van der Waals surface area contributed by atoms with Crippen LogP contribution in [-0.2, 0) is 24.1 Å². The summed E-state index contributed by atoms with van der Waals surface area (Å²) in [5, 5.41) is 9.01. The number of aliphatic hydroxyl groups excluding tert-OH is 1. The Balaban J connectivity index is 2.88. The minimum absolute atomic E-state index is 0.0449. The van der Waals surface area contributed by atoms with E-state index in [1.807, 2.05) is 0 Å². The van der Waals surface area contributed by atoms with Gasteiger partial charge in [-0.25, -0.2) is 0 Å². The summed E-state index contributed by atoms with van der Waals surface area (Å²) >= 11 is 1.19. The monoisotopic (exact) mass is 348 g/mol. The van der Waals surface area contributed by atoms with Crippen molar-refractivity contribution in [2.45, 2.75) is 25.7 Å². The van der Waals surface area contributed by atoms with Gasteiger partial charge in [0.05, 0.1) is 0 Å². The first-order chi connectivity index (χ1) is 6.11. The number of hydrogen-bond acceptors (Lipinski definition) is 2. The average Bonchev–Trinajstić information content (AvgIpc) is 2.19. The van der Waals surface area contributed by atoms with Crippen LogP contribution in [0.4, 0.5) is 0 Å². The molecule has 13 heavy (non-hydrogen) atoms. The molecule has 2 nitrogen and oxygen atoms in total. The fourth-order valence-electron chi connectivity index (χ4n) is 1.35. The van der Waals surface area contributed by atoms with Gasteiger partial charge in [0, 0.05) is 0 Å². The molecule has 0 unspecified atom stereocenters. The van der Waals surface area contributed by atoms with Gasteiger partial charge < -0.3 is 0 Å². The topological polar surface area (TPSA) is 37.3 Å². The molecule has 1 saturated carbocycles. The zero-order valence-corrected chi connectivity index (χ0v) is 10.3. The second kappa shape index (κ2) is 4.66. The van der Waals surface area contributed by atoms with Crippen LogP contribution in [0.2, 0.25) is 0 Å². The Morgan fingerprint density at radius 2 is 2.08 bits per heavy atom. The van der Waals surface area contributed by atoms with Crippen LogP contribution in [0.3, 0.4) is 0 Å². The molecule has 1 fully saturated rings. The molecule has 0 atom stereocenters. The van der Waals surface area contributed by atoms with Crippen LogP contribution in [0.1, 0.15) is 25.7 Å². The summed E-state index contributed by atoms with van der Waals surface area (Å²) in [5.41, 5.74) is 0.977. The van der Waals surface area contributed by atoms with E-state index in [-0.39, 0.29) is 11.5 Å². The van der Waals surface area contributed by atoms with Gasteiger partial charge in [0.15, 0.2) is 0 Å². The van der Waals surface area contributed by atoms with E-state index in [9.17, 15) is 4.79 Å². The van der Waals surface area contributed by atoms with Crippen LogP contribution in [0.15, 0.2) is 24.0 Å². The molecule has 1 aliphatic rings. The van der Waals surface area contributed by atoms with E-state index in [0.717, 1.165) is 28.7 Å². The number of allylic oxidation sites excluding steroid dienone is 2. The zero-order chi connectivity index (χ0) is 9.84. The van der Waals surface area contributed by atoms with Crippen LogP contribution < -0.4 is 0 Å². The predicted molar refractivity (Wildman–Crippen MR) is 48.3 cm³/mol. The Hall–Kier alpha value is -0.492. The molecule has 0 saturated heterocycles. The van der Waals surface area contributed by atoms with E-state index in [1.54, 1.807) is 6.08 Å². The molecular weight excluding hydrogens is 336 g/mol. The van der Waals surface area contributed by atoms with Gasteiger partial charge in [-0.2, -0.15) is 0 Å². The summed E-state index contributed by atoms with van der Waals surface area (Å²) in [7, 11) is 0. The van der Waals surface area contributed by atoms with E-state index in [2.05, 4.69) is 6.58 Å². The number of carbonyl (C=O) groups excluding carboxylic acids is 1. The molecule has 1 aliphatic carbocycles. The maximum atomic E-state index is 11.4. The summed E-state index contributed by atoms with van der Waals surface area (Å²) in [4.78, 5) is 11.4. The number of ketones is 1. The van der Waals surface area contributed by atoms with E-state index < -0.39 is 0 Å². The molecular formula is C10H12O2W. The Morgan fingerprint density at radius 3 is 2.69 bits per heavy atom. The molecule has 0 aromatic heterocycles. The van der Waals surface area contributed by atoms with E-state index in [0.29, 0.717) is 6.42 Å². The zero-order valence-electron chi connectivity index (χ0n) is 7.38. The average molecular weight is 348 g/mol. The first-order valence-corrected chi connectivity index (χ1v) is 5.74. The fourth-order valence-corrected chi connectivity index (χ4v) is 2.29. The summed E-state index contributed by atoms with van der Waals surface area (Å²) in [6, 6.07) is 0. The second-order valence-electron chi connectivity index (χ2n) is 3.12. The second-order valence-corrected chi connectivity index (χ2v) is 4.59. The van der Waals surface area contributed by atoms with Crippen molar-refractivity contribution in [3.63, 3.8) is 0 Å². The molecule has 0 aliphatic heterocycles. The Kier molecular flexibility index (Phi) is 3.80. The van der Waals surface area contributed by atoms with Crippen molar-refractivity contribution in [3.8, 4) is 0 Å². The van der Waals surface area contributed by atoms with Crippen molar-refractivity contribution in [1.29, 1.82) is 0 Å². The van der Waals surface area contributed by atoms with Crippen LogP contribution in [0.25, 0.3) is 0 Å². The Bertz CT molecular complexity index is 289. The molecule has 0 amide bonds. The van der Waals surface area contributed by atoms with Gasteiger partial charge in [0.25, 0.3) is 0 Å². The van der Waals surface area contributed by atoms with Crippen molar-refractivity contribution < 1.29 is 29.3 Å². The van der Waals surface area contributed by atoms with Crippen LogP contribution in [-0.4, -0.2) is 14.8 Å². The first-order valence-electron chi connectivity index (χ1n) is 4.27. The van der Waals surface area contributed by atoms with Gasteiger partial charge in [0.2, 0.25) is 0 Å². The van der Waals surface area contributed by atoms with Gasteiger partial charge in [0.1, 0.15) is 0 Å². The van der Waals surface area contributed by atoms with Gasteiger partial charge in [-0.15, -0.1) is 0 Å². The van der Waals surface area contributed by atoms with Gasteiger partial charge >= 0.3 is 88.6 Å². The van der Waals surface area contributed by atoms with Crippen molar-refractivity contribution in [2.75, 3.05) is 0 Å². The standard InChI is InChI=1S/C10H12O2.W/c1-8(11)6-9-4-2-3-5-10(12)7-9;/h6,11H,1-5H2;/b9-6-;. The van der Waals surface area contributed by atoms with E-state index >= 15 is 0 Å². The number of hydrogen-bond donors (Lipinski definition) is 1. The van der Waals surface area contributed by atoms with Gasteiger partial charge in [-0.1, -0.05) is 0 Å². The fraction of sp³-hybridized carbons (Fsp3) is 0.400. The van der Waals surface area contributed by atoms with Gasteiger partial charge in [-0.3, -0.25) is 0 Å². The molecule has 3 heteroatoms.